The van der Waals surface area contributed by atoms with Gasteiger partial charge < -0.3 is 18.0 Å². The molecule has 0 radical (unpaired) electrons. The van der Waals surface area contributed by atoms with E-state index in [9.17, 15) is 0 Å². The van der Waals surface area contributed by atoms with Crippen LogP contribution in [0.4, 0.5) is 0 Å². The molecule has 6 heteroatoms. The van der Waals surface area contributed by atoms with Gasteiger partial charge in [-0.15, -0.1) is 0 Å². The summed E-state index contributed by atoms with van der Waals surface area (Å²) < 4.78 is 22.5. The van der Waals surface area contributed by atoms with E-state index in [1.54, 1.807) is 21.3 Å². The number of ether oxygens (including phenoxy) is 1. The fraction of sp³-hybridized carbons (Fsp3) is 1.00. The number of rotatable bonds is 5. The Morgan fingerprint density at radius 3 is 2.44 bits per heavy atom. The lowest BCUT2D eigenvalue weighted by molar-refractivity contribution is -0.206. The highest BCUT2D eigenvalue weighted by Gasteiger charge is 2.53. The van der Waals surface area contributed by atoms with Crippen LogP contribution in [0.5, 0.6) is 0 Å². The molecule has 0 aromatic carbocycles. The van der Waals surface area contributed by atoms with Crippen molar-refractivity contribution in [1.29, 1.82) is 0 Å². The Morgan fingerprint density at radius 1 is 1.38 bits per heavy atom. The van der Waals surface area contributed by atoms with Gasteiger partial charge in [0.25, 0.3) is 0 Å². The third-order valence-electron chi connectivity index (χ3n) is 3.20. The van der Waals surface area contributed by atoms with Crippen LogP contribution in [-0.4, -0.2) is 41.2 Å². The van der Waals surface area contributed by atoms with Gasteiger partial charge in [-0.3, -0.25) is 0 Å². The summed E-state index contributed by atoms with van der Waals surface area (Å²) in [4.78, 5) is 0. The molecule has 2 unspecified atom stereocenters. The van der Waals surface area contributed by atoms with E-state index in [0.717, 1.165) is 25.3 Å². The van der Waals surface area contributed by atoms with Gasteiger partial charge in [-0.1, -0.05) is 6.92 Å². The van der Waals surface area contributed by atoms with E-state index in [1.807, 2.05) is 0 Å². The fourth-order valence-electron chi connectivity index (χ4n) is 2.11. The highest BCUT2D eigenvalue weighted by Crippen LogP contribution is 2.39. The first-order chi connectivity index (χ1) is 7.58. The van der Waals surface area contributed by atoms with Crippen LogP contribution < -0.4 is 0 Å². The second kappa shape index (κ2) is 5.84. The molecule has 1 aliphatic rings. The number of thiol groups is 1. The van der Waals surface area contributed by atoms with Gasteiger partial charge in [-0.2, -0.15) is 12.6 Å². The lowest BCUT2D eigenvalue weighted by Gasteiger charge is -2.45. The topological polar surface area (TPSA) is 36.9 Å². The number of methoxy groups -OCH3 is 1. The van der Waals surface area contributed by atoms with Gasteiger partial charge in [0.15, 0.2) is 5.79 Å². The minimum Gasteiger partial charge on any atom is -0.377 e. The molecule has 1 rings (SSSR count). The van der Waals surface area contributed by atoms with E-state index in [0.29, 0.717) is 0 Å². The van der Waals surface area contributed by atoms with Gasteiger partial charge in [-0.25, -0.2) is 0 Å². The zero-order valence-electron chi connectivity index (χ0n) is 10.5. The van der Waals surface area contributed by atoms with Gasteiger partial charge in [0, 0.05) is 33.8 Å². The maximum Gasteiger partial charge on any atom is 0.502 e. The molecule has 2 atom stereocenters. The first kappa shape index (κ1) is 14.5. The number of hydrogen-bond acceptors (Lipinski definition) is 5. The normalized spacial score (nSPS) is 31.3. The van der Waals surface area contributed by atoms with Gasteiger partial charge >= 0.3 is 8.80 Å². The van der Waals surface area contributed by atoms with Crippen LogP contribution >= 0.6 is 12.6 Å². The standard InChI is InChI=1S/C10H22O4SSi/c1-5-9(15)10(11-2)7-6-8-16(12-3,13-4)14-10/h9,15H,5-8H2,1-4H3. The summed E-state index contributed by atoms with van der Waals surface area (Å²) in [5.74, 6) is -0.658. The van der Waals surface area contributed by atoms with Crippen LogP contribution in [0.2, 0.25) is 6.04 Å². The molecule has 1 aliphatic heterocycles. The predicted octanol–water partition coefficient (Wildman–Crippen LogP) is 2.08. The van der Waals surface area contributed by atoms with Crippen molar-refractivity contribution in [1.82, 2.24) is 0 Å². The van der Waals surface area contributed by atoms with E-state index in [-0.39, 0.29) is 5.25 Å². The molecule has 4 nitrogen and oxygen atoms in total. The summed E-state index contributed by atoms with van der Waals surface area (Å²) in [6.07, 6.45) is 2.71. The van der Waals surface area contributed by atoms with Crippen molar-refractivity contribution >= 4 is 21.4 Å². The molecule has 16 heavy (non-hydrogen) atoms. The predicted molar refractivity (Wildman–Crippen MR) is 67.7 cm³/mol. The Bertz CT molecular complexity index is 225. The Kier molecular flexibility index (Phi) is 5.28. The molecule has 0 saturated carbocycles. The van der Waals surface area contributed by atoms with Crippen molar-refractivity contribution in [3.05, 3.63) is 0 Å². The van der Waals surface area contributed by atoms with E-state index in [2.05, 4.69) is 19.6 Å². The molecule has 0 amide bonds. The molecular formula is C10H22O4SSi. The molecule has 1 heterocycles. The smallest absolute Gasteiger partial charge is 0.377 e. The quantitative estimate of drug-likeness (QED) is 0.610. The molecule has 0 aromatic rings. The molecule has 1 saturated heterocycles. The van der Waals surface area contributed by atoms with Crippen LogP contribution in [0.1, 0.15) is 26.2 Å². The molecule has 0 aromatic heterocycles. The SMILES string of the molecule is CCC(S)C1(OC)CCC[Si](OC)(OC)O1. The van der Waals surface area contributed by atoms with Crippen LogP contribution in [-0.2, 0) is 18.0 Å². The largest absolute Gasteiger partial charge is 0.502 e. The van der Waals surface area contributed by atoms with Crippen LogP contribution in [0, 0.1) is 0 Å². The average molecular weight is 266 g/mol. The molecule has 0 aliphatic carbocycles. The van der Waals surface area contributed by atoms with E-state index in [4.69, 9.17) is 18.0 Å². The lowest BCUT2D eigenvalue weighted by atomic mass is 10.0. The summed E-state index contributed by atoms with van der Waals surface area (Å²) in [7, 11) is 2.40. The van der Waals surface area contributed by atoms with Crippen molar-refractivity contribution in [2.75, 3.05) is 21.3 Å². The molecular weight excluding hydrogens is 244 g/mol. The van der Waals surface area contributed by atoms with Crippen molar-refractivity contribution in [3.8, 4) is 0 Å². The van der Waals surface area contributed by atoms with Gasteiger partial charge in [-0.05, 0) is 12.8 Å². The molecule has 1 fully saturated rings. The first-order valence-corrected chi connectivity index (χ1v) is 8.06. The minimum absolute atomic E-state index is 0.0370. The van der Waals surface area contributed by atoms with Crippen molar-refractivity contribution < 1.29 is 18.0 Å². The minimum atomic E-state index is -2.54. The Hall–Kier alpha value is 0.407. The Morgan fingerprint density at radius 2 is 2.00 bits per heavy atom. The van der Waals surface area contributed by atoms with Crippen molar-refractivity contribution in [3.63, 3.8) is 0 Å². The second-order valence-corrected chi connectivity index (χ2v) is 7.50. The first-order valence-electron chi connectivity index (χ1n) is 5.61. The van der Waals surface area contributed by atoms with Crippen LogP contribution in [0.25, 0.3) is 0 Å². The lowest BCUT2D eigenvalue weighted by Crippen LogP contribution is -2.59. The zero-order chi connectivity index (χ0) is 12.2. The number of hydrogen-bond donors (Lipinski definition) is 1. The summed E-state index contributed by atoms with van der Waals surface area (Å²) in [5, 5.41) is 0.0370. The summed E-state index contributed by atoms with van der Waals surface area (Å²) >= 11 is 4.56. The van der Waals surface area contributed by atoms with E-state index < -0.39 is 14.6 Å². The highest BCUT2D eigenvalue weighted by molar-refractivity contribution is 7.81. The zero-order valence-corrected chi connectivity index (χ0v) is 12.4. The summed E-state index contributed by atoms with van der Waals surface area (Å²) in [6.45, 7) is 2.07. The molecule has 0 N–H and O–H groups in total. The maximum absolute atomic E-state index is 6.06. The Balaban J connectivity index is 2.87. The molecule has 96 valence electrons. The van der Waals surface area contributed by atoms with Gasteiger partial charge in [0.05, 0.1) is 5.25 Å². The van der Waals surface area contributed by atoms with Gasteiger partial charge in [0.1, 0.15) is 0 Å². The summed E-state index contributed by atoms with van der Waals surface area (Å²) in [6, 6.07) is 0.843. The van der Waals surface area contributed by atoms with E-state index >= 15 is 0 Å². The monoisotopic (exact) mass is 266 g/mol. The van der Waals surface area contributed by atoms with Crippen molar-refractivity contribution in [2.24, 2.45) is 0 Å². The fourth-order valence-corrected chi connectivity index (χ4v) is 4.81. The molecule has 0 spiro atoms. The maximum atomic E-state index is 6.06. The Labute approximate surface area is 104 Å². The van der Waals surface area contributed by atoms with Crippen molar-refractivity contribution in [2.45, 2.75) is 43.3 Å². The average Bonchev–Trinajstić information content (AvgIpc) is 2.37. The van der Waals surface area contributed by atoms with Crippen LogP contribution in [0.15, 0.2) is 0 Å². The van der Waals surface area contributed by atoms with Crippen LogP contribution in [0.3, 0.4) is 0 Å². The highest BCUT2D eigenvalue weighted by atomic mass is 32.1. The van der Waals surface area contributed by atoms with Gasteiger partial charge in [0.2, 0.25) is 0 Å². The third kappa shape index (κ3) is 2.63. The van der Waals surface area contributed by atoms with E-state index in [1.165, 1.54) is 0 Å². The molecule has 0 bridgehead atoms. The third-order valence-corrected chi connectivity index (χ3v) is 6.82. The second-order valence-electron chi connectivity index (χ2n) is 3.99. The summed E-state index contributed by atoms with van der Waals surface area (Å²) in [5.41, 5.74) is 0.